The van der Waals surface area contributed by atoms with Crippen LogP contribution in [0, 0.1) is 5.82 Å². The molecule has 0 unspecified atom stereocenters. The lowest BCUT2D eigenvalue weighted by Gasteiger charge is -2.18. The molecule has 1 aromatic carbocycles. The molecular formula is C19H19FN4O2S2. The molecule has 1 N–H and O–H groups in total. The molecule has 146 valence electrons. The van der Waals surface area contributed by atoms with E-state index in [1.165, 1.54) is 47.1 Å². The van der Waals surface area contributed by atoms with Crippen molar-refractivity contribution >= 4 is 39.8 Å². The van der Waals surface area contributed by atoms with Gasteiger partial charge in [0.25, 0.3) is 5.56 Å². The fourth-order valence-corrected chi connectivity index (χ4v) is 4.36. The van der Waals surface area contributed by atoms with Crippen molar-refractivity contribution < 1.29 is 9.18 Å². The van der Waals surface area contributed by atoms with Crippen LogP contribution in [-0.2, 0) is 17.0 Å². The summed E-state index contributed by atoms with van der Waals surface area (Å²) in [5.74, 6) is -0.340. The topological polar surface area (TPSA) is 79.0 Å². The highest BCUT2D eigenvalue weighted by Crippen LogP contribution is 2.32. The lowest BCUT2D eigenvalue weighted by Crippen LogP contribution is -2.23. The number of thiazole rings is 1. The molecule has 0 aliphatic carbocycles. The van der Waals surface area contributed by atoms with Crippen LogP contribution in [0.4, 0.5) is 15.2 Å². The molecular weight excluding hydrogens is 399 g/mol. The molecule has 3 rings (SSSR count). The second-order valence-electron chi connectivity index (χ2n) is 6.01. The van der Waals surface area contributed by atoms with E-state index in [1.807, 2.05) is 12.3 Å². The Morgan fingerprint density at radius 2 is 2.07 bits per heavy atom. The molecule has 6 nitrogen and oxygen atoms in total. The van der Waals surface area contributed by atoms with Gasteiger partial charge < -0.3 is 4.98 Å². The van der Waals surface area contributed by atoms with E-state index in [9.17, 15) is 14.0 Å². The van der Waals surface area contributed by atoms with Crippen molar-refractivity contribution in [2.45, 2.75) is 37.6 Å². The van der Waals surface area contributed by atoms with Crippen molar-refractivity contribution in [3.63, 3.8) is 0 Å². The molecule has 0 saturated heterocycles. The molecule has 0 atom stereocenters. The fourth-order valence-electron chi connectivity index (χ4n) is 2.58. The summed E-state index contributed by atoms with van der Waals surface area (Å²) in [5, 5.41) is 2.74. The van der Waals surface area contributed by atoms with E-state index in [1.54, 1.807) is 18.2 Å². The van der Waals surface area contributed by atoms with E-state index >= 15 is 0 Å². The van der Waals surface area contributed by atoms with Gasteiger partial charge in [0.2, 0.25) is 5.91 Å². The Labute approximate surface area is 169 Å². The van der Waals surface area contributed by atoms with Crippen LogP contribution in [0.25, 0.3) is 0 Å². The second-order valence-corrected chi connectivity index (χ2v) is 7.81. The number of para-hydroxylation sites is 1. The lowest BCUT2D eigenvalue weighted by molar-refractivity contribution is -0.115. The number of carbonyl (C=O) groups is 1. The van der Waals surface area contributed by atoms with E-state index in [0.717, 1.165) is 24.2 Å². The highest BCUT2D eigenvalue weighted by atomic mass is 32.2. The maximum Gasteiger partial charge on any atom is 0.251 e. The average molecular weight is 419 g/mol. The number of aromatic amines is 1. The number of aryl methyl sites for hydroxylation is 1. The molecule has 1 amide bonds. The Balaban J connectivity index is 1.77. The van der Waals surface area contributed by atoms with Gasteiger partial charge in [-0.2, -0.15) is 0 Å². The molecule has 0 fully saturated rings. The first-order valence-corrected chi connectivity index (χ1v) is 10.6. The van der Waals surface area contributed by atoms with Crippen LogP contribution in [0.5, 0.6) is 0 Å². The summed E-state index contributed by atoms with van der Waals surface area (Å²) in [6, 6.07) is 7.60. The summed E-state index contributed by atoms with van der Waals surface area (Å²) in [7, 11) is 0. The van der Waals surface area contributed by atoms with E-state index in [4.69, 9.17) is 0 Å². The van der Waals surface area contributed by atoms with Gasteiger partial charge in [0.15, 0.2) is 10.3 Å². The third-order valence-electron chi connectivity index (χ3n) is 3.78. The van der Waals surface area contributed by atoms with Crippen molar-refractivity contribution in [3.05, 3.63) is 63.3 Å². The molecule has 0 aliphatic heterocycles. The molecule has 3 aromatic rings. The van der Waals surface area contributed by atoms with Crippen LogP contribution in [0.3, 0.4) is 0 Å². The average Bonchev–Trinajstić information content (AvgIpc) is 3.10. The first kappa shape index (κ1) is 20.2. The Kier molecular flexibility index (Phi) is 6.58. The maximum absolute atomic E-state index is 14.1. The first-order chi connectivity index (χ1) is 13.5. The van der Waals surface area contributed by atoms with Crippen LogP contribution >= 0.6 is 23.1 Å². The minimum absolute atomic E-state index is 0.168. The van der Waals surface area contributed by atoms with E-state index in [2.05, 4.69) is 15.0 Å². The fraction of sp³-hybridized carbons (Fsp3) is 0.263. The van der Waals surface area contributed by atoms with Crippen LogP contribution in [0.2, 0.25) is 0 Å². The minimum atomic E-state index is -0.488. The number of thioether (sulfide) groups is 1. The minimum Gasteiger partial charge on any atom is -0.301 e. The summed E-state index contributed by atoms with van der Waals surface area (Å²) in [6.45, 7) is 3.40. The highest BCUT2D eigenvalue weighted by molar-refractivity contribution is 7.98. The maximum atomic E-state index is 14.1. The molecule has 2 heterocycles. The number of amides is 1. The van der Waals surface area contributed by atoms with Gasteiger partial charge in [0.05, 0.1) is 11.4 Å². The third-order valence-corrected chi connectivity index (χ3v) is 5.56. The molecule has 9 heteroatoms. The zero-order valence-corrected chi connectivity index (χ0v) is 17.1. The van der Waals surface area contributed by atoms with Crippen LogP contribution in [0.1, 0.15) is 31.7 Å². The monoisotopic (exact) mass is 418 g/mol. The van der Waals surface area contributed by atoms with Crippen LogP contribution in [0.15, 0.2) is 45.7 Å². The van der Waals surface area contributed by atoms with Gasteiger partial charge in [-0.15, -0.1) is 11.3 Å². The Bertz CT molecular complexity index is 1030. The summed E-state index contributed by atoms with van der Waals surface area (Å²) < 4.78 is 14.1. The number of benzene rings is 1. The number of hydrogen-bond donors (Lipinski definition) is 1. The number of carbonyl (C=O) groups excluding carboxylic acids is 1. The summed E-state index contributed by atoms with van der Waals surface area (Å²) in [4.78, 5) is 36.7. The Morgan fingerprint density at radius 3 is 2.79 bits per heavy atom. The zero-order chi connectivity index (χ0) is 20.1. The Hall–Kier alpha value is -2.52. The summed E-state index contributed by atoms with van der Waals surface area (Å²) in [5.41, 5.74) is 1.47. The van der Waals surface area contributed by atoms with Gasteiger partial charge >= 0.3 is 0 Å². The number of anilines is 2. The standard InChI is InChI=1S/C19H19FN4O2S2/c1-3-6-13-9-17(26)23-18(21-13)27-10-14-11-28-19(22-14)24(12(2)25)16-8-5-4-7-15(16)20/h4-5,7-9,11H,3,6,10H2,1-2H3,(H,21,23,26). The van der Waals surface area contributed by atoms with Crippen molar-refractivity contribution in [1.29, 1.82) is 0 Å². The predicted octanol–water partition coefficient (Wildman–Crippen LogP) is 4.29. The van der Waals surface area contributed by atoms with Crippen molar-refractivity contribution in [1.82, 2.24) is 15.0 Å². The van der Waals surface area contributed by atoms with Gasteiger partial charge in [0.1, 0.15) is 5.82 Å². The molecule has 2 aromatic heterocycles. The number of nitrogens with one attached hydrogen (secondary N) is 1. The van der Waals surface area contributed by atoms with E-state index in [-0.39, 0.29) is 17.2 Å². The summed E-state index contributed by atoms with van der Waals surface area (Å²) >= 11 is 2.62. The predicted molar refractivity (Wildman–Crippen MR) is 110 cm³/mol. The summed E-state index contributed by atoms with van der Waals surface area (Å²) in [6.07, 6.45) is 1.65. The number of H-pyrrole nitrogens is 1. The molecule has 0 saturated carbocycles. The first-order valence-electron chi connectivity index (χ1n) is 8.70. The van der Waals surface area contributed by atoms with Crippen molar-refractivity contribution in [2.24, 2.45) is 0 Å². The SMILES string of the molecule is CCCc1cc(=O)[nH]c(SCc2csc(N(C(C)=O)c3ccccc3F)n2)n1. The molecule has 0 radical (unpaired) electrons. The Morgan fingerprint density at radius 1 is 1.29 bits per heavy atom. The van der Waals surface area contributed by atoms with Crippen molar-refractivity contribution in [3.8, 4) is 0 Å². The number of hydrogen-bond acceptors (Lipinski definition) is 6. The lowest BCUT2D eigenvalue weighted by atomic mass is 10.2. The molecule has 0 aliphatic rings. The molecule has 0 spiro atoms. The van der Waals surface area contributed by atoms with Gasteiger partial charge in [-0.05, 0) is 18.6 Å². The normalized spacial score (nSPS) is 10.8. The van der Waals surface area contributed by atoms with E-state index in [0.29, 0.717) is 16.0 Å². The van der Waals surface area contributed by atoms with Gasteiger partial charge in [-0.1, -0.05) is 37.2 Å². The van der Waals surface area contributed by atoms with Gasteiger partial charge in [-0.3, -0.25) is 14.5 Å². The highest BCUT2D eigenvalue weighted by Gasteiger charge is 2.20. The molecule has 28 heavy (non-hydrogen) atoms. The van der Waals surface area contributed by atoms with Crippen molar-refractivity contribution in [2.75, 3.05) is 4.90 Å². The zero-order valence-electron chi connectivity index (χ0n) is 15.4. The van der Waals surface area contributed by atoms with Gasteiger partial charge in [0, 0.05) is 29.8 Å². The largest absolute Gasteiger partial charge is 0.301 e. The number of aromatic nitrogens is 3. The number of nitrogens with zero attached hydrogens (tertiary/aromatic N) is 3. The quantitative estimate of drug-likeness (QED) is 0.457. The third kappa shape index (κ3) is 4.85. The number of rotatable bonds is 7. The second kappa shape index (κ2) is 9.11. The van der Waals surface area contributed by atoms with Crippen LogP contribution < -0.4 is 10.5 Å². The van der Waals surface area contributed by atoms with Gasteiger partial charge in [-0.25, -0.2) is 14.4 Å². The number of halogens is 1. The van der Waals surface area contributed by atoms with Crippen LogP contribution in [-0.4, -0.2) is 20.9 Å². The molecule has 0 bridgehead atoms. The van der Waals surface area contributed by atoms with E-state index < -0.39 is 5.82 Å². The smallest absolute Gasteiger partial charge is 0.251 e.